The standard InChI is InChI=1S/C16H25NO/c1-4-12(5-2)16(17-6-3)14-11-18-15-10-8-7-9-13(14)15/h7-10,12,14,16-17H,4-6,11H2,1-3H3. The molecule has 0 amide bonds. The average Bonchev–Trinajstić information content (AvgIpc) is 2.83. The maximum absolute atomic E-state index is 5.84. The summed E-state index contributed by atoms with van der Waals surface area (Å²) in [6.07, 6.45) is 2.46. The number of benzene rings is 1. The Morgan fingerprint density at radius 2 is 1.94 bits per heavy atom. The maximum atomic E-state index is 5.84. The Labute approximate surface area is 111 Å². The van der Waals surface area contributed by atoms with E-state index in [2.05, 4.69) is 50.4 Å². The van der Waals surface area contributed by atoms with Gasteiger partial charge in [0.25, 0.3) is 0 Å². The van der Waals surface area contributed by atoms with Crippen LogP contribution in [0.1, 0.15) is 45.1 Å². The molecular weight excluding hydrogens is 222 g/mol. The first-order chi connectivity index (χ1) is 8.81. The van der Waals surface area contributed by atoms with E-state index in [-0.39, 0.29) is 0 Å². The van der Waals surface area contributed by atoms with Gasteiger partial charge in [-0.05, 0) is 18.5 Å². The molecule has 0 radical (unpaired) electrons. The molecule has 1 aromatic rings. The third-order valence-electron chi connectivity index (χ3n) is 4.17. The van der Waals surface area contributed by atoms with Crippen molar-refractivity contribution < 1.29 is 4.74 Å². The van der Waals surface area contributed by atoms with Crippen LogP contribution in [0, 0.1) is 5.92 Å². The van der Waals surface area contributed by atoms with Crippen molar-refractivity contribution >= 4 is 0 Å². The van der Waals surface area contributed by atoms with Gasteiger partial charge in [-0.2, -0.15) is 0 Å². The lowest BCUT2D eigenvalue weighted by Crippen LogP contribution is -2.41. The van der Waals surface area contributed by atoms with Crippen LogP contribution in [0.4, 0.5) is 0 Å². The lowest BCUT2D eigenvalue weighted by molar-refractivity contribution is 0.246. The van der Waals surface area contributed by atoms with Crippen LogP contribution in [0.5, 0.6) is 5.75 Å². The molecule has 2 rings (SSSR count). The number of para-hydroxylation sites is 1. The first kappa shape index (κ1) is 13.4. The molecule has 100 valence electrons. The molecule has 0 aliphatic carbocycles. The first-order valence-electron chi connectivity index (χ1n) is 7.26. The van der Waals surface area contributed by atoms with Crippen LogP contribution in [-0.2, 0) is 0 Å². The summed E-state index contributed by atoms with van der Waals surface area (Å²) in [5.74, 6) is 2.31. The van der Waals surface area contributed by atoms with E-state index >= 15 is 0 Å². The molecule has 1 aliphatic rings. The lowest BCUT2D eigenvalue weighted by Gasteiger charge is -2.30. The zero-order valence-corrected chi connectivity index (χ0v) is 11.8. The van der Waals surface area contributed by atoms with Gasteiger partial charge in [0, 0.05) is 17.5 Å². The summed E-state index contributed by atoms with van der Waals surface area (Å²) < 4.78 is 5.84. The van der Waals surface area contributed by atoms with Crippen LogP contribution >= 0.6 is 0 Å². The van der Waals surface area contributed by atoms with Crippen LogP contribution in [-0.4, -0.2) is 19.2 Å². The van der Waals surface area contributed by atoms with Crippen molar-refractivity contribution in [1.82, 2.24) is 5.32 Å². The van der Waals surface area contributed by atoms with E-state index in [0.717, 1.165) is 24.8 Å². The summed E-state index contributed by atoms with van der Waals surface area (Å²) >= 11 is 0. The SMILES string of the molecule is CCNC(C(CC)CC)C1COc2ccccc21. The molecule has 0 spiro atoms. The Bertz CT molecular complexity index is 373. The monoisotopic (exact) mass is 247 g/mol. The Balaban J connectivity index is 2.22. The summed E-state index contributed by atoms with van der Waals surface area (Å²) in [5, 5.41) is 3.69. The number of rotatable bonds is 6. The summed E-state index contributed by atoms with van der Waals surface area (Å²) in [6.45, 7) is 8.63. The fourth-order valence-electron chi connectivity index (χ4n) is 3.15. The van der Waals surface area contributed by atoms with Gasteiger partial charge >= 0.3 is 0 Å². The number of hydrogen-bond acceptors (Lipinski definition) is 2. The van der Waals surface area contributed by atoms with Crippen LogP contribution in [0.2, 0.25) is 0 Å². The van der Waals surface area contributed by atoms with E-state index in [1.807, 2.05) is 0 Å². The van der Waals surface area contributed by atoms with Crippen molar-refractivity contribution in [2.24, 2.45) is 5.92 Å². The molecule has 2 atom stereocenters. The van der Waals surface area contributed by atoms with Gasteiger partial charge in [-0.15, -0.1) is 0 Å². The topological polar surface area (TPSA) is 21.3 Å². The van der Waals surface area contributed by atoms with Gasteiger partial charge in [0.15, 0.2) is 0 Å². The van der Waals surface area contributed by atoms with Gasteiger partial charge in [0.1, 0.15) is 5.75 Å². The molecule has 1 aliphatic heterocycles. The molecule has 2 heteroatoms. The summed E-state index contributed by atoms with van der Waals surface area (Å²) in [5.41, 5.74) is 1.38. The molecule has 0 saturated carbocycles. The van der Waals surface area contributed by atoms with E-state index < -0.39 is 0 Å². The normalized spacial score (nSPS) is 19.7. The van der Waals surface area contributed by atoms with E-state index in [4.69, 9.17) is 4.74 Å². The fraction of sp³-hybridized carbons (Fsp3) is 0.625. The fourth-order valence-corrected chi connectivity index (χ4v) is 3.15. The minimum atomic E-state index is 0.506. The second-order valence-corrected chi connectivity index (χ2v) is 5.12. The second-order valence-electron chi connectivity index (χ2n) is 5.12. The van der Waals surface area contributed by atoms with Gasteiger partial charge in [-0.3, -0.25) is 0 Å². The minimum absolute atomic E-state index is 0.506. The summed E-state index contributed by atoms with van der Waals surface area (Å²) in [4.78, 5) is 0. The maximum Gasteiger partial charge on any atom is 0.122 e. The van der Waals surface area contributed by atoms with E-state index in [0.29, 0.717) is 12.0 Å². The predicted molar refractivity (Wildman–Crippen MR) is 76.2 cm³/mol. The molecule has 2 unspecified atom stereocenters. The lowest BCUT2D eigenvalue weighted by atomic mass is 9.82. The highest BCUT2D eigenvalue weighted by Gasteiger charge is 2.34. The van der Waals surface area contributed by atoms with Crippen molar-refractivity contribution in [2.45, 2.75) is 45.6 Å². The number of hydrogen-bond donors (Lipinski definition) is 1. The van der Waals surface area contributed by atoms with Gasteiger partial charge in [-0.25, -0.2) is 0 Å². The van der Waals surface area contributed by atoms with Crippen molar-refractivity contribution in [3.05, 3.63) is 29.8 Å². The molecule has 1 heterocycles. The Hall–Kier alpha value is -1.02. The van der Waals surface area contributed by atoms with E-state index in [9.17, 15) is 0 Å². The van der Waals surface area contributed by atoms with Crippen molar-refractivity contribution in [1.29, 1.82) is 0 Å². The van der Waals surface area contributed by atoms with Crippen LogP contribution in [0.15, 0.2) is 24.3 Å². The zero-order chi connectivity index (χ0) is 13.0. The molecule has 2 nitrogen and oxygen atoms in total. The number of nitrogens with one attached hydrogen (secondary N) is 1. The van der Waals surface area contributed by atoms with Crippen LogP contribution in [0.3, 0.4) is 0 Å². The van der Waals surface area contributed by atoms with Crippen molar-refractivity contribution in [2.75, 3.05) is 13.2 Å². The third kappa shape index (κ3) is 2.54. The summed E-state index contributed by atoms with van der Waals surface area (Å²) in [7, 11) is 0. The predicted octanol–water partition coefficient (Wildman–Crippen LogP) is 3.58. The molecular formula is C16H25NO. The van der Waals surface area contributed by atoms with Crippen LogP contribution in [0.25, 0.3) is 0 Å². The first-order valence-corrected chi connectivity index (χ1v) is 7.26. The average molecular weight is 247 g/mol. The van der Waals surface area contributed by atoms with E-state index in [1.54, 1.807) is 0 Å². The minimum Gasteiger partial charge on any atom is -0.493 e. The van der Waals surface area contributed by atoms with E-state index in [1.165, 1.54) is 18.4 Å². The number of fused-ring (bicyclic) bond motifs is 1. The molecule has 0 bridgehead atoms. The highest BCUT2D eigenvalue weighted by Crippen LogP contribution is 2.38. The van der Waals surface area contributed by atoms with Crippen LogP contribution < -0.4 is 10.1 Å². The molecule has 1 N–H and O–H groups in total. The van der Waals surface area contributed by atoms with Crippen molar-refractivity contribution in [3.8, 4) is 5.75 Å². The number of likely N-dealkylation sites (N-methyl/N-ethyl adjacent to an activating group) is 1. The van der Waals surface area contributed by atoms with Gasteiger partial charge < -0.3 is 10.1 Å². The summed E-state index contributed by atoms with van der Waals surface area (Å²) in [6, 6.07) is 9.02. The van der Waals surface area contributed by atoms with Gasteiger partial charge in [0.05, 0.1) is 6.61 Å². The highest BCUT2D eigenvalue weighted by molar-refractivity contribution is 5.40. The Morgan fingerprint density at radius 1 is 1.22 bits per heavy atom. The molecule has 1 aromatic carbocycles. The van der Waals surface area contributed by atoms with Crippen molar-refractivity contribution in [3.63, 3.8) is 0 Å². The molecule has 0 fully saturated rings. The molecule has 0 aromatic heterocycles. The molecule has 18 heavy (non-hydrogen) atoms. The largest absolute Gasteiger partial charge is 0.493 e. The molecule has 0 saturated heterocycles. The quantitative estimate of drug-likeness (QED) is 0.829. The highest BCUT2D eigenvalue weighted by atomic mass is 16.5. The smallest absolute Gasteiger partial charge is 0.122 e. The van der Waals surface area contributed by atoms with Gasteiger partial charge in [0.2, 0.25) is 0 Å². The zero-order valence-electron chi connectivity index (χ0n) is 11.8. The van der Waals surface area contributed by atoms with Gasteiger partial charge in [-0.1, -0.05) is 51.8 Å². The Kier molecular flexibility index (Phi) is 4.65. The number of ether oxygens (including phenoxy) is 1. The third-order valence-corrected chi connectivity index (χ3v) is 4.17. The Morgan fingerprint density at radius 3 is 2.61 bits per heavy atom. The second kappa shape index (κ2) is 6.24.